The third kappa shape index (κ3) is 5.07. The molecule has 2 heterocycles. The zero-order valence-electron chi connectivity index (χ0n) is 15.1. The van der Waals surface area contributed by atoms with E-state index in [1.54, 1.807) is 12.3 Å². The maximum atomic E-state index is 12.2. The van der Waals surface area contributed by atoms with E-state index in [4.69, 9.17) is 0 Å². The van der Waals surface area contributed by atoms with Crippen LogP contribution in [0.2, 0.25) is 0 Å². The van der Waals surface area contributed by atoms with Gasteiger partial charge in [0.2, 0.25) is 10.0 Å². The number of aliphatic imine (C=N–C) groups is 1. The molecule has 0 amide bonds. The Morgan fingerprint density at radius 3 is 2.77 bits per heavy atom. The second kappa shape index (κ2) is 9.32. The summed E-state index contributed by atoms with van der Waals surface area (Å²) in [6, 6.07) is 3.14. The van der Waals surface area contributed by atoms with Crippen molar-refractivity contribution in [1.29, 1.82) is 0 Å². The summed E-state index contributed by atoms with van der Waals surface area (Å²) in [6.07, 6.45) is 8.14. The first-order chi connectivity index (χ1) is 12.0. The lowest BCUT2D eigenvalue weighted by atomic mass is 9.68. The van der Waals surface area contributed by atoms with Crippen molar-refractivity contribution >= 4 is 40.0 Å². The normalized spacial score (nSPS) is 19.1. The zero-order valence-corrected chi connectivity index (χ0v) is 18.3. The van der Waals surface area contributed by atoms with Gasteiger partial charge in [0.1, 0.15) is 4.90 Å². The summed E-state index contributed by atoms with van der Waals surface area (Å²) in [6.45, 7) is 5.64. The van der Waals surface area contributed by atoms with Crippen molar-refractivity contribution in [3.05, 3.63) is 24.5 Å². The van der Waals surface area contributed by atoms with Gasteiger partial charge in [-0.2, -0.15) is 0 Å². The molecule has 2 aliphatic rings. The van der Waals surface area contributed by atoms with Gasteiger partial charge >= 0.3 is 0 Å². The Labute approximate surface area is 173 Å². The van der Waals surface area contributed by atoms with Crippen LogP contribution in [0.4, 0.5) is 0 Å². The average Bonchev–Trinajstić information content (AvgIpc) is 3.04. The molecule has 2 N–H and O–H groups in total. The van der Waals surface area contributed by atoms with E-state index in [-0.39, 0.29) is 35.4 Å². The Balaban J connectivity index is 0.00000243. The van der Waals surface area contributed by atoms with Crippen molar-refractivity contribution in [2.24, 2.45) is 10.4 Å². The van der Waals surface area contributed by atoms with Gasteiger partial charge in [0.05, 0.1) is 6.54 Å². The molecule has 1 aromatic heterocycles. The minimum atomic E-state index is -3.52. The van der Waals surface area contributed by atoms with E-state index in [9.17, 15) is 8.42 Å². The Morgan fingerprint density at radius 2 is 2.19 bits per heavy atom. The van der Waals surface area contributed by atoms with Crippen molar-refractivity contribution in [2.75, 3.05) is 32.7 Å². The number of guanidine groups is 1. The van der Waals surface area contributed by atoms with Crippen LogP contribution in [-0.2, 0) is 10.0 Å². The summed E-state index contributed by atoms with van der Waals surface area (Å²) in [5, 5.41) is 3.33. The molecule has 1 aliphatic heterocycles. The lowest BCUT2D eigenvalue weighted by Crippen LogP contribution is -2.43. The molecule has 9 heteroatoms. The van der Waals surface area contributed by atoms with Crippen LogP contribution in [0.15, 0.2) is 34.4 Å². The van der Waals surface area contributed by atoms with Crippen LogP contribution in [0.1, 0.15) is 32.6 Å². The number of aromatic nitrogens is 1. The Hall–Kier alpha value is -0.940. The molecule has 1 aromatic rings. The molecule has 0 aromatic carbocycles. The van der Waals surface area contributed by atoms with Gasteiger partial charge < -0.3 is 10.2 Å². The standard InChI is InChI=1S/C17H27N5O2S.HI/c1-2-19-16(22-12-8-17(14-22)6-4-7-17)20-10-11-21-25(23,24)15-5-3-9-18-13-15;/h3,5,9,13,21H,2,4,6-8,10-12,14H2,1H3,(H,19,20);1H. The Kier molecular flexibility index (Phi) is 7.65. The third-order valence-corrected chi connectivity index (χ3v) is 6.54. The monoisotopic (exact) mass is 493 g/mol. The van der Waals surface area contributed by atoms with Gasteiger partial charge in [-0.25, -0.2) is 13.1 Å². The molecule has 1 spiro atoms. The number of nitrogens with one attached hydrogen (secondary N) is 2. The molecular formula is C17H28IN5O2S. The summed E-state index contributed by atoms with van der Waals surface area (Å²) in [7, 11) is -3.52. The minimum Gasteiger partial charge on any atom is -0.357 e. The molecule has 0 radical (unpaired) electrons. The number of rotatable bonds is 6. The van der Waals surface area contributed by atoms with E-state index in [0.29, 0.717) is 12.0 Å². The summed E-state index contributed by atoms with van der Waals surface area (Å²) in [5.41, 5.74) is 0.512. The molecule has 2 fully saturated rings. The molecule has 3 rings (SSSR count). The van der Waals surface area contributed by atoms with Crippen molar-refractivity contribution in [3.8, 4) is 0 Å². The van der Waals surface area contributed by atoms with Crippen LogP contribution >= 0.6 is 24.0 Å². The van der Waals surface area contributed by atoms with E-state index in [0.717, 1.165) is 25.6 Å². The van der Waals surface area contributed by atoms with E-state index in [1.165, 1.54) is 37.9 Å². The minimum absolute atomic E-state index is 0. The lowest BCUT2D eigenvalue weighted by Gasteiger charge is -2.38. The smallest absolute Gasteiger partial charge is 0.242 e. The number of nitrogens with zero attached hydrogens (tertiary/aromatic N) is 3. The summed E-state index contributed by atoms with van der Waals surface area (Å²) >= 11 is 0. The number of hydrogen-bond acceptors (Lipinski definition) is 4. The van der Waals surface area contributed by atoms with Crippen LogP contribution in [-0.4, -0.2) is 57.0 Å². The average molecular weight is 493 g/mol. The van der Waals surface area contributed by atoms with Crippen LogP contribution in [0.5, 0.6) is 0 Å². The molecule has 146 valence electrons. The fourth-order valence-electron chi connectivity index (χ4n) is 3.56. The third-order valence-electron chi connectivity index (χ3n) is 5.10. The number of hydrogen-bond donors (Lipinski definition) is 2. The van der Waals surface area contributed by atoms with Gasteiger partial charge in [0, 0.05) is 38.6 Å². The van der Waals surface area contributed by atoms with Crippen molar-refractivity contribution < 1.29 is 8.42 Å². The van der Waals surface area contributed by atoms with Crippen LogP contribution in [0, 0.1) is 5.41 Å². The van der Waals surface area contributed by atoms with Crippen molar-refractivity contribution in [2.45, 2.75) is 37.5 Å². The molecule has 7 nitrogen and oxygen atoms in total. The molecule has 0 atom stereocenters. The number of halogens is 1. The van der Waals surface area contributed by atoms with Crippen molar-refractivity contribution in [3.63, 3.8) is 0 Å². The lowest BCUT2D eigenvalue weighted by molar-refractivity contribution is 0.151. The first-order valence-electron chi connectivity index (χ1n) is 8.98. The summed E-state index contributed by atoms with van der Waals surface area (Å²) < 4.78 is 26.9. The highest BCUT2D eigenvalue weighted by atomic mass is 127. The number of likely N-dealkylation sites (tertiary alicyclic amines) is 1. The van der Waals surface area contributed by atoms with Gasteiger partial charge in [0.25, 0.3) is 0 Å². The molecule has 1 aliphatic carbocycles. The predicted octanol–water partition coefficient (Wildman–Crippen LogP) is 1.82. The van der Waals surface area contributed by atoms with Gasteiger partial charge in [-0.3, -0.25) is 9.98 Å². The van der Waals surface area contributed by atoms with Gasteiger partial charge in [-0.15, -0.1) is 24.0 Å². The van der Waals surface area contributed by atoms with Gasteiger partial charge in [-0.05, 0) is 43.7 Å². The van der Waals surface area contributed by atoms with Crippen LogP contribution in [0.25, 0.3) is 0 Å². The summed E-state index contributed by atoms with van der Waals surface area (Å²) in [5.74, 6) is 0.895. The molecule has 1 saturated carbocycles. The molecule has 26 heavy (non-hydrogen) atoms. The van der Waals surface area contributed by atoms with Crippen LogP contribution in [0.3, 0.4) is 0 Å². The quantitative estimate of drug-likeness (QED) is 0.273. The van der Waals surface area contributed by atoms with E-state index in [2.05, 4.69) is 31.8 Å². The van der Waals surface area contributed by atoms with Crippen molar-refractivity contribution in [1.82, 2.24) is 19.9 Å². The number of pyridine rings is 1. The second-order valence-electron chi connectivity index (χ2n) is 6.85. The van der Waals surface area contributed by atoms with Gasteiger partial charge in [0.15, 0.2) is 5.96 Å². The predicted molar refractivity (Wildman–Crippen MR) is 113 cm³/mol. The van der Waals surface area contributed by atoms with Gasteiger partial charge in [-0.1, -0.05) is 6.42 Å². The topological polar surface area (TPSA) is 86.7 Å². The van der Waals surface area contributed by atoms with Crippen LogP contribution < -0.4 is 10.0 Å². The largest absolute Gasteiger partial charge is 0.357 e. The molecular weight excluding hydrogens is 465 g/mol. The number of sulfonamides is 1. The molecule has 0 bridgehead atoms. The summed E-state index contributed by atoms with van der Waals surface area (Å²) in [4.78, 5) is 10.9. The Morgan fingerprint density at radius 1 is 1.38 bits per heavy atom. The highest BCUT2D eigenvalue weighted by Gasteiger charge is 2.43. The maximum absolute atomic E-state index is 12.2. The van der Waals surface area contributed by atoms with E-state index in [1.807, 2.05) is 0 Å². The highest BCUT2D eigenvalue weighted by molar-refractivity contribution is 14.0. The van der Waals surface area contributed by atoms with E-state index < -0.39 is 10.0 Å². The molecule has 1 saturated heterocycles. The zero-order chi connectivity index (χ0) is 17.8. The maximum Gasteiger partial charge on any atom is 0.242 e. The SMILES string of the molecule is CCNC(=NCCNS(=O)(=O)c1cccnc1)N1CCC2(CCC2)C1.I. The fourth-order valence-corrected chi connectivity index (χ4v) is 4.54. The van der Waals surface area contributed by atoms with E-state index >= 15 is 0 Å². The second-order valence-corrected chi connectivity index (χ2v) is 8.61. The Bertz CT molecular complexity index is 707. The fraction of sp³-hybridized carbons (Fsp3) is 0.647. The highest BCUT2D eigenvalue weighted by Crippen LogP contribution is 2.47. The first-order valence-corrected chi connectivity index (χ1v) is 10.5. The molecule has 0 unspecified atom stereocenters. The first kappa shape index (κ1) is 21.4.